The minimum Gasteiger partial charge on any atom is -0.348 e. The Kier molecular flexibility index (Phi) is 5.02. The van der Waals surface area contributed by atoms with Crippen LogP contribution in [-0.4, -0.2) is 68.6 Å². The van der Waals surface area contributed by atoms with Gasteiger partial charge in [-0.15, -0.1) is 0 Å². The van der Waals surface area contributed by atoms with Crippen molar-refractivity contribution in [3.8, 4) is 0 Å². The number of amidine groups is 1. The molecule has 2 aliphatic rings. The van der Waals surface area contributed by atoms with Crippen LogP contribution in [0.3, 0.4) is 0 Å². The van der Waals surface area contributed by atoms with Gasteiger partial charge in [0.15, 0.2) is 5.17 Å². The monoisotopic (exact) mass is 321 g/mol. The van der Waals surface area contributed by atoms with Crippen molar-refractivity contribution >= 4 is 22.8 Å². The Hall–Kier alpha value is -1.50. The molecule has 0 unspecified atom stereocenters. The number of carbonyl (C=O) groups is 1. The van der Waals surface area contributed by atoms with Crippen molar-refractivity contribution in [1.82, 2.24) is 19.6 Å². The number of rotatable bonds is 4. The molecule has 1 aromatic rings. The number of amides is 1. The number of nitrogens with zero attached hydrogens (tertiary/aromatic N) is 5. The summed E-state index contributed by atoms with van der Waals surface area (Å²) in [5, 5.41) is 5.91. The molecule has 6 nitrogen and oxygen atoms in total. The molecule has 1 fully saturated rings. The largest absolute Gasteiger partial charge is 0.348 e. The molecule has 1 amide bonds. The predicted octanol–water partition coefficient (Wildman–Crippen LogP) is 1.30. The van der Waals surface area contributed by atoms with Crippen molar-refractivity contribution in [2.45, 2.75) is 31.6 Å². The fourth-order valence-corrected chi connectivity index (χ4v) is 3.76. The zero-order valence-electron chi connectivity index (χ0n) is 13.0. The number of hydrogen-bond acceptors (Lipinski definition) is 5. The van der Waals surface area contributed by atoms with E-state index < -0.39 is 0 Å². The normalized spacial score (nSPS) is 22.0. The van der Waals surface area contributed by atoms with Gasteiger partial charge in [-0.25, -0.2) is 0 Å². The lowest BCUT2D eigenvalue weighted by atomic mass is 10.2. The third-order valence-electron chi connectivity index (χ3n) is 4.03. The lowest BCUT2D eigenvalue weighted by Gasteiger charge is -2.35. The fourth-order valence-electron chi connectivity index (χ4n) is 2.77. The quantitative estimate of drug-likeness (QED) is 0.839. The highest BCUT2D eigenvalue weighted by Gasteiger charge is 2.26. The van der Waals surface area contributed by atoms with Crippen molar-refractivity contribution in [3.05, 3.63) is 18.5 Å². The molecule has 0 saturated carbocycles. The SMILES string of the molecule is C[C@@H]1CN=C(N2CCN(C(=O)CCCn3cccn3)CC2)S1. The lowest BCUT2D eigenvalue weighted by Crippen LogP contribution is -2.49. The van der Waals surface area contributed by atoms with Gasteiger partial charge in [0, 0.05) is 56.8 Å². The summed E-state index contributed by atoms with van der Waals surface area (Å²) in [5.74, 6) is 0.265. The maximum Gasteiger partial charge on any atom is 0.222 e. The third kappa shape index (κ3) is 3.82. The summed E-state index contributed by atoms with van der Waals surface area (Å²) >= 11 is 1.86. The molecule has 2 aliphatic heterocycles. The summed E-state index contributed by atoms with van der Waals surface area (Å²) in [6.07, 6.45) is 5.16. The molecule has 1 aromatic heterocycles. The van der Waals surface area contributed by atoms with E-state index in [0.717, 1.165) is 45.7 Å². The van der Waals surface area contributed by atoms with Gasteiger partial charge in [0.05, 0.1) is 6.54 Å². The van der Waals surface area contributed by atoms with E-state index in [-0.39, 0.29) is 5.91 Å². The van der Waals surface area contributed by atoms with E-state index >= 15 is 0 Å². The molecule has 0 radical (unpaired) electrons. The van der Waals surface area contributed by atoms with E-state index in [9.17, 15) is 4.79 Å². The van der Waals surface area contributed by atoms with Gasteiger partial charge in [0.25, 0.3) is 0 Å². The van der Waals surface area contributed by atoms with Gasteiger partial charge in [-0.2, -0.15) is 5.10 Å². The van der Waals surface area contributed by atoms with Crippen LogP contribution in [0.5, 0.6) is 0 Å². The maximum absolute atomic E-state index is 12.2. The number of thioether (sulfide) groups is 1. The van der Waals surface area contributed by atoms with E-state index in [1.807, 2.05) is 33.6 Å². The lowest BCUT2D eigenvalue weighted by molar-refractivity contribution is -0.132. The number of piperazine rings is 1. The van der Waals surface area contributed by atoms with Crippen LogP contribution in [-0.2, 0) is 11.3 Å². The van der Waals surface area contributed by atoms with Crippen LogP contribution in [0.2, 0.25) is 0 Å². The first-order chi connectivity index (χ1) is 10.7. The molecule has 0 aliphatic carbocycles. The van der Waals surface area contributed by atoms with Gasteiger partial charge in [-0.1, -0.05) is 18.7 Å². The number of carbonyl (C=O) groups excluding carboxylic acids is 1. The van der Waals surface area contributed by atoms with E-state index in [4.69, 9.17) is 0 Å². The van der Waals surface area contributed by atoms with Crippen LogP contribution in [0.15, 0.2) is 23.5 Å². The summed E-state index contributed by atoms with van der Waals surface area (Å²) in [6, 6.07) is 1.91. The number of aromatic nitrogens is 2. The molecule has 3 heterocycles. The minimum absolute atomic E-state index is 0.265. The van der Waals surface area contributed by atoms with Crippen LogP contribution >= 0.6 is 11.8 Å². The average Bonchev–Trinajstić information content (AvgIpc) is 3.19. The Morgan fingerprint density at radius 1 is 1.36 bits per heavy atom. The van der Waals surface area contributed by atoms with Gasteiger partial charge in [-0.3, -0.25) is 14.5 Å². The first-order valence-corrected chi connectivity index (χ1v) is 8.81. The Balaban J connectivity index is 1.38. The van der Waals surface area contributed by atoms with Crippen LogP contribution in [0.25, 0.3) is 0 Å². The molecule has 22 heavy (non-hydrogen) atoms. The summed E-state index contributed by atoms with van der Waals surface area (Å²) in [5.41, 5.74) is 0. The average molecular weight is 321 g/mol. The number of aliphatic imine (C=N–C) groups is 1. The molecule has 1 atom stereocenters. The zero-order chi connectivity index (χ0) is 15.4. The highest BCUT2D eigenvalue weighted by molar-refractivity contribution is 8.14. The molecule has 0 spiro atoms. The number of aryl methyl sites for hydroxylation is 1. The van der Waals surface area contributed by atoms with Crippen molar-refractivity contribution in [1.29, 1.82) is 0 Å². The summed E-state index contributed by atoms with van der Waals surface area (Å²) in [6.45, 7) is 7.38. The van der Waals surface area contributed by atoms with Crippen LogP contribution in [0, 0.1) is 0 Å². The smallest absolute Gasteiger partial charge is 0.222 e. The first kappa shape index (κ1) is 15.4. The first-order valence-electron chi connectivity index (χ1n) is 7.93. The molecule has 0 bridgehead atoms. The molecule has 0 N–H and O–H groups in total. The highest BCUT2D eigenvalue weighted by atomic mass is 32.2. The predicted molar refractivity (Wildman–Crippen MR) is 89.0 cm³/mol. The van der Waals surface area contributed by atoms with Crippen molar-refractivity contribution < 1.29 is 4.79 Å². The van der Waals surface area contributed by atoms with E-state index in [1.165, 1.54) is 5.17 Å². The topological polar surface area (TPSA) is 53.7 Å². The molecular formula is C15H23N5OS. The Morgan fingerprint density at radius 3 is 2.82 bits per heavy atom. The summed E-state index contributed by atoms with van der Waals surface area (Å²) in [4.78, 5) is 21.1. The molecule has 0 aromatic carbocycles. The second kappa shape index (κ2) is 7.17. The van der Waals surface area contributed by atoms with E-state index in [2.05, 4.69) is 21.9 Å². The minimum atomic E-state index is 0.265. The van der Waals surface area contributed by atoms with Crippen molar-refractivity contribution in [3.63, 3.8) is 0 Å². The van der Waals surface area contributed by atoms with Crippen LogP contribution in [0.1, 0.15) is 19.8 Å². The third-order valence-corrected chi connectivity index (χ3v) is 5.18. The molecule has 7 heteroatoms. The molecular weight excluding hydrogens is 298 g/mol. The van der Waals surface area contributed by atoms with Gasteiger partial charge in [0.1, 0.15) is 0 Å². The fraction of sp³-hybridized carbons (Fsp3) is 0.667. The van der Waals surface area contributed by atoms with Gasteiger partial charge < -0.3 is 9.80 Å². The Morgan fingerprint density at radius 2 is 2.18 bits per heavy atom. The standard InChI is InChI=1S/C15H23N5OS/c1-13-12-16-15(22-13)19-10-8-18(9-11-19)14(21)4-2-6-20-7-3-5-17-20/h3,5,7,13H,2,4,6,8-12H2,1H3/t13-/m1/s1. The van der Waals surface area contributed by atoms with Gasteiger partial charge in [0.2, 0.25) is 5.91 Å². The van der Waals surface area contributed by atoms with Crippen molar-refractivity contribution in [2.24, 2.45) is 4.99 Å². The Bertz CT molecular complexity index is 522. The molecule has 120 valence electrons. The number of hydrogen-bond donors (Lipinski definition) is 0. The van der Waals surface area contributed by atoms with Gasteiger partial charge in [-0.05, 0) is 12.5 Å². The summed E-state index contributed by atoms with van der Waals surface area (Å²) in [7, 11) is 0. The van der Waals surface area contributed by atoms with Crippen LogP contribution < -0.4 is 0 Å². The second-order valence-electron chi connectivity index (χ2n) is 5.79. The molecule has 1 saturated heterocycles. The second-order valence-corrected chi connectivity index (χ2v) is 7.20. The van der Waals surface area contributed by atoms with Crippen molar-refractivity contribution in [2.75, 3.05) is 32.7 Å². The molecule has 3 rings (SSSR count). The van der Waals surface area contributed by atoms with E-state index in [1.54, 1.807) is 6.20 Å². The van der Waals surface area contributed by atoms with Crippen LogP contribution in [0.4, 0.5) is 0 Å². The summed E-state index contributed by atoms with van der Waals surface area (Å²) < 4.78 is 1.88. The highest BCUT2D eigenvalue weighted by Crippen LogP contribution is 2.23. The maximum atomic E-state index is 12.2. The zero-order valence-corrected chi connectivity index (χ0v) is 13.8. The van der Waals surface area contributed by atoms with E-state index in [0.29, 0.717) is 11.7 Å². The van der Waals surface area contributed by atoms with Gasteiger partial charge >= 0.3 is 0 Å². The Labute approximate surface area is 135 Å².